The molecule has 0 heterocycles. The summed E-state index contributed by atoms with van der Waals surface area (Å²) in [4.78, 5) is 0.451. The Morgan fingerprint density at radius 2 is 1.94 bits per heavy atom. The normalized spacial score (nSPS) is 16.7. The summed E-state index contributed by atoms with van der Waals surface area (Å²) in [5.74, 6) is 0.746. The molecule has 1 aromatic rings. The maximum absolute atomic E-state index is 5.83. The van der Waals surface area contributed by atoms with Gasteiger partial charge in [0.05, 0.1) is 6.61 Å². The average Bonchev–Trinajstić information content (AvgIpc) is 2.40. The first kappa shape index (κ1) is 13.5. The minimum Gasteiger partial charge on any atom is -0.389 e. The fourth-order valence-corrected chi connectivity index (χ4v) is 2.78. The van der Waals surface area contributed by atoms with E-state index < -0.39 is 0 Å². The van der Waals surface area contributed by atoms with E-state index in [4.69, 9.17) is 22.7 Å². The van der Waals surface area contributed by atoms with Crippen LogP contribution in [0.5, 0.6) is 0 Å². The predicted molar refractivity (Wildman–Crippen MR) is 78.6 cm³/mol. The van der Waals surface area contributed by atoms with E-state index in [1.54, 1.807) is 0 Å². The number of benzene rings is 1. The molecular formula is C15H21NOS. The summed E-state index contributed by atoms with van der Waals surface area (Å²) in [7, 11) is 0. The lowest BCUT2D eigenvalue weighted by Crippen LogP contribution is -2.15. The van der Waals surface area contributed by atoms with Crippen molar-refractivity contribution >= 4 is 17.2 Å². The largest absolute Gasteiger partial charge is 0.389 e. The second-order valence-electron chi connectivity index (χ2n) is 5.04. The molecule has 18 heavy (non-hydrogen) atoms. The third-order valence-electron chi connectivity index (χ3n) is 3.62. The highest BCUT2D eigenvalue weighted by Crippen LogP contribution is 2.24. The van der Waals surface area contributed by atoms with Gasteiger partial charge in [-0.3, -0.25) is 0 Å². The number of thiocarbonyl (C=S) groups is 1. The molecule has 0 aliphatic heterocycles. The van der Waals surface area contributed by atoms with Gasteiger partial charge < -0.3 is 10.5 Å². The van der Waals surface area contributed by atoms with Crippen LogP contribution < -0.4 is 5.73 Å². The molecule has 1 fully saturated rings. The maximum atomic E-state index is 5.83. The Morgan fingerprint density at radius 3 is 2.67 bits per heavy atom. The zero-order valence-electron chi connectivity index (χ0n) is 10.7. The first-order valence-electron chi connectivity index (χ1n) is 6.73. The van der Waals surface area contributed by atoms with Crippen LogP contribution in [0.2, 0.25) is 0 Å². The third kappa shape index (κ3) is 3.79. The molecule has 1 aliphatic rings. The van der Waals surface area contributed by atoms with E-state index in [1.807, 2.05) is 24.3 Å². The molecule has 98 valence electrons. The molecule has 0 atom stereocenters. The van der Waals surface area contributed by atoms with E-state index >= 15 is 0 Å². The van der Waals surface area contributed by atoms with Crippen LogP contribution in [0.4, 0.5) is 0 Å². The summed E-state index contributed by atoms with van der Waals surface area (Å²) in [6.07, 6.45) is 6.74. The fourth-order valence-electron chi connectivity index (χ4n) is 2.58. The van der Waals surface area contributed by atoms with E-state index in [2.05, 4.69) is 0 Å². The van der Waals surface area contributed by atoms with Gasteiger partial charge in [-0.1, -0.05) is 55.7 Å². The van der Waals surface area contributed by atoms with Crippen molar-refractivity contribution in [2.75, 3.05) is 6.61 Å². The Hall–Kier alpha value is -0.930. The molecule has 1 aliphatic carbocycles. The van der Waals surface area contributed by atoms with Crippen molar-refractivity contribution in [3.05, 3.63) is 35.4 Å². The summed E-state index contributed by atoms with van der Waals surface area (Å²) < 4.78 is 5.83. The number of hydrogen-bond acceptors (Lipinski definition) is 2. The monoisotopic (exact) mass is 263 g/mol. The number of rotatable bonds is 5. The van der Waals surface area contributed by atoms with Crippen LogP contribution in [0.25, 0.3) is 0 Å². The smallest absolute Gasteiger partial charge is 0.104 e. The molecule has 0 amide bonds. The molecule has 2 N–H and O–H groups in total. The Balaban J connectivity index is 1.84. The van der Waals surface area contributed by atoms with Gasteiger partial charge in [0.1, 0.15) is 4.99 Å². The lowest BCUT2D eigenvalue weighted by molar-refractivity contribution is 0.0738. The van der Waals surface area contributed by atoms with Gasteiger partial charge in [-0.2, -0.15) is 0 Å². The van der Waals surface area contributed by atoms with E-state index in [0.29, 0.717) is 11.6 Å². The summed E-state index contributed by atoms with van der Waals surface area (Å²) in [5, 5.41) is 0. The van der Waals surface area contributed by atoms with E-state index in [9.17, 15) is 0 Å². The van der Waals surface area contributed by atoms with E-state index in [-0.39, 0.29) is 0 Å². The first-order chi connectivity index (χ1) is 8.77. The van der Waals surface area contributed by atoms with Crippen molar-refractivity contribution in [2.24, 2.45) is 11.7 Å². The van der Waals surface area contributed by atoms with Crippen molar-refractivity contribution in [2.45, 2.75) is 38.7 Å². The molecule has 0 radical (unpaired) electrons. The molecule has 0 unspecified atom stereocenters. The van der Waals surface area contributed by atoms with Gasteiger partial charge in [0.2, 0.25) is 0 Å². The molecule has 0 bridgehead atoms. The van der Waals surface area contributed by atoms with Gasteiger partial charge in [-0.05, 0) is 24.3 Å². The van der Waals surface area contributed by atoms with Gasteiger partial charge >= 0.3 is 0 Å². The standard InChI is InChI=1S/C15H21NOS/c16-15(18)14-9-5-4-8-13(14)11-17-10-12-6-2-1-3-7-12/h4-5,8-9,12H,1-3,6-7,10-11H2,(H2,16,18). The highest BCUT2D eigenvalue weighted by molar-refractivity contribution is 7.80. The SMILES string of the molecule is NC(=S)c1ccccc1COCC1CCCCC1. The fraction of sp³-hybridized carbons (Fsp3) is 0.533. The van der Waals surface area contributed by atoms with E-state index in [0.717, 1.165) is 23.7 Å². The zero-order valence-corrected chi connectivity index (χ0v) is 11.5. The summed E-state index contributed by atoms with van der Waals surface area (Å²) in [6.45, 7) is 1.48. The highest BCUT2D eigenvalue weighted by atomic mass is 32.1. The van der Waals surface area contributed by atoms with E-state index in [1.165, 1.54) is 32.1 Å². The molecule has 1 saturated carbocycles. The highest BCUT2D eigenvalue weighted by Gasteiger charge is 2.13. The molecule has 1 aromatic carbocycles. The van der Waals surface area contributed by atoms with Crippen LogP contribution in [0, 0.1) is 5.92 Å². The van der Waals surface area contributed by atoms with Crippen LogP contribution >= 0.6 is 12.2 Å². The van der Waals surface area contributed by atoms with Crippen molar-refractivity contribution < 1.29 is 4.74 Å². The third-order valence-corrected chi connectivity index (χ3v) is 3.84. The van der Waals surface area contributed by atoms with Crippen molar-refractivity contribution in [1.29, 1.82) is 0 Å². The second kappa shape index (κ2) is 6.86. The molecule has 0 aromatic heterocycles. The first-order valence-corrected chi connectivity index (χ1v) is 7.13. The second-order valence-corrected chi connectivity index (χ2v) is 5.48. The topological polar surface area (TPSA) is 35.2 Å². The van der Waals surface area contributed by atoms with Crippen molar-refractivity contribution in [3.8, 4) is 0 Å². The predicted octanol–water partition coefficient (Wildman–Crippen LogP) is 3.42. The average molecular weight is 263 g/mol. The molecule has 2 nitrogen and oxygen atoms in total. The van der Waals surface area contributed by atoms with Gasteiger partial charge in [0.25, 0.3) is 0 Å². The maximum Gasteiger partial charge on any atom is 0.104 e. The summed E-state index contributed by atoms with van der Waals surface area (Å²) in [6, 6.07) is 7.96. The van der Waals surface area contributed by atoms with Gasteiger partial charge in [-0.15, -0.1) is 0 Å². The molecule has 0 spiro atoms. The van der Waals surface area contributed by atoms with Crippen LogP contribution in [0.3, 0.4) is 0 Å². The zero-order chi connectivity index (χ0) is 12.8. The van der Waals surface area contributed by atoms with Gasteiger partial charge in [0.15, 0.2) is 0 Å². The number of nitrogens with two attached hydrogens (primary N) is 1. The lowest BCUT2D eigenvalue weighted by Gasteiger charge is -2.21. The Labute approximate surface area is 115 Å². The van der Waals surface area contributed by atoms with Crippen LogP contribution in [-0.4, -0.2) is 11.6 Å². The van der Waals surface area contributed by atoms with Crippen LogP contribution in [0.1, 0.15) is 43.2 Å². The minimum atomic E-state index is 0.451. The van der Waals surface area contributed by atoms with Gasteiger partial charge in [-0.25, -0.2) is 0 Å². The van der Waals surface area contributed by atoms with Crippen LogP contribution in [0.15, 0.2) is 24.3 Å². The van der Waals surface area contributed by atoms with Crippen molar-refractivity contribution in [3.63, 3.8) is 0 Å². The summed E-state index contributed by atoms with van der Waals surface area (Å²) >= 11 is 5.05. The Bertz CT molecular complexity index is 399. The Kier molecular flexibility index (Phi) is 5.14. The number of hydrogen-bond donors (Lipinski definition) is 1. The molecule has 2 rings (SSSR count). The van der Waals surface area contributed by atoms with Crippen LogP contribution in [-0.2, 0) is 11.3 Å². The molecule has 3 heteroatoms. The quantitative estimate of drug-likeness (QED) is 0.827. The number of ether oxygens (including phenoxy) is 1. The minimum absolute atomic E-state index is 0.451. The molecule has 0 saturated heterocycles. The summed E-state index contributed by atoms with van der Waals surface area (Å²) in [5.41, 5.74) is 7.74. The Morgan fingerprint density at radius 1 is 1.22 bits per heavy atom. The van der Waals surface area contributed by atoms with Crippen molar-refractivity contribution in [1.82, 2.24) is 0 Å². The lowest BCUT2D eigenvalue weighted by atomic mass is 9.90. The van der Waals surface area contributed by atoms with Gasteiger partial charge in [0, 0.05) is 12.2 Å². The molecular weight excluding hydrogens is 242 g/mol.